The maximum Gasteiger partial charge on any atom is 0.235 e. The molecular formula is C10H14FNO3S. The first-order valence-electron chi connectivity index (χ1n) is 4.78. The predicted octanol–water partition coefficient (Wildman–Crippen LogP) is 1.47. The molecule has 0 aliphatic rings. The molecular weight excluding hydrogens is 233 g/mol. The van der Waals surface area contributed by atoms with Crippen LogP contribution in [0.15, 0.2) is 18.2 Å². The standard InChI is InChI=1S/C10H14FNO3S/c1-7(2)16(14,15)12-10-8(6-13)4-3-5-9(10)11/h3-5,7,12-13H,6H2,1-2H3. The minimum atomic E-state index is -3.61. The molecule has 0 atom stereocenters. The van der Waals surface area contributed by atoms with E-state index < -0.39 is 27.7 Å². The van der Waals surface area contributed by atoms with Crippen molar-refractivity contribution in [1.82, 2.24) is 0 Å². The van der Waals surface area contributed by atoms with Crippen LogP contribution in [0.25, 0.3) is 0 Å². The van der Waals surface area contributed by atoms with Crippen LogP contribution in [0.1, 0.15) is 19.4 Å². The Kier molecular flexibility index (Phi) is 3.88. The molecule has 0 radical (unpaired) electrons. The second-order valence-corrected chi connectivity index (χ2v) is 5.86. The first kappa shape index (κ1) is 12.9. The van der Waals surface area contributed by atoms with E-state index in [2.05, 4.69) is 4.72 Å². The summed E-state index contributed by atoms with van der Waals surface area (Å²) in [6.45, 7) is 2.55. The lowest BCUT2D eigenvalue weighted by atomic mass is 10.2. The summed E-state index contributed by atoms with van der Waals surface area (Å²) in [5.41, 5.74) is 0.0305. The normalized spacial score (nSPS) is 11.8. The molecule has 0 aliphatic carbocycles. The Labute approximate surface area is 94.2 Å². The number of aliphatic hydroxyl groups is 1. The van der Waals surface area contributed by atoms with Gasteiger partial charge in [0.05, 0.1) is 17.5 Å². The topological polar surface area (TPSA) is 66.4 Å². The summed E-state index contributed by atoms with van der Waals surface area (Å²) in [6.07, 6.45) is 0. The third-order valence-corrected chi connectivity index (χ3v) is 3.87. The summed E-state index contributed by atoms with van der Waals surface area (Å²) >= 11 is 0. The average Bonchev–Trinajstić information content (AvgIpc) is 2.20. The fourth-order valence-electron chi connectivity index (χ4n) is 1.07. The molecule has 0 heterocycles. The summed E-state index contributed by atoms with van der Waals surface area (Å²) in [4.78, 5) is 0. The predicted molar refractivity (Wildman–Crippen MR) is 60.0 cm³/mol. The van der Waals surface area contributed by atoms with Crippen LogP contribution >= 0.6 is 0 Å². The van der Waals surface area contributed by atoms with Gasteiger partial charge in [-0.05, 0) is 19.9 Å². The second kappa shape index (κ2) is 4.80. The fourth-order valence-corrected chi connectivity index (χ4v) is 1.82. The zero-order valence-electron chi connectivity index (χ0n) is 9.07. The van der Waals surface area contributed by atoms with Crippen molar-refractivity contribution < 1.29 is 17.9 Å². The van der Waals surface area contributed by atoms with E-state index in [-0.39, 0.29) is 11.3 Å². The molecule has 0 spiro atoms. The SMILES string of the molecule is CC(C)S(=O)(=O)Nc1c(F)cccc1CO. The number of nitrogens with one attached hydrogen (secondary N) is 1. The number of benzene rings is 1. The van der Waals surface area contributed by atoms with Gasteiger partial charge in [0.15, 0.2) is 0 Å². The van der Waals surface area contributed by atoms with Crippen LogP contribution in [0.4, 0.5) is 10.1 Å². The summed E-state index contributed by atoms with van der Waals surface area (Å²) in [5, 5.41) is 8.31. The van der Waals surface area contributed by atoms with Gasteiger partial charge >= 0.3 is 0 Å². The summed E-state index contributed by atoms with van der Waals surface area (Å²) in [5.74, 6) is -0.698. The van der Waals surface area contributed by atoms with Gasteiger partial charge in [0.25, 0.3) is 0 Å². The summed E-state index contributed by atoms with van der Waals surface area (Å²) < 4.78 is 38.7. The lowest BCUT2D eigenvalue weighted by Gasteiger charge is -2.14. The van der Waals surface area contributed by atoms with Crippen molar-refractivity contribution in [2.45, 2.75) is 25.7 Å². The Balaban J connectivity index is 3.15. The highest BCUT2D eigenvalue weighted by Crippen LogP contribution is 2.22. The molecule has 2 N–H and O–H groups in total. The van der Waals surface area contributed by atoms with Crippen LogP contribution in [0.5, 0.6) is 0 Å². The van der Waals surface area contributed by atoms with Gasteiger partial charge in [0, 0.05) is 5.56 Å². The Morgan fingerprint density at radius 2 is 2.06 bits per heavy atom. The number of hydrogen-bond acceptors (Lipinski definition) is 3. The number of rotatable bonds is 4. The van der Waals surface area contributed by atoms with E-state index in [0.29, 0.717) is 0 Å². The minimum absolute atomic E-state index is 0.182. The molecule has 0 bridgehead atoms. The van der Waals surface area contributed by atoms with Gasteiger partial charge in [-0.2, -0.15) is 0 Å². The Hall–Kier alpha value is -1.14. The highest BCUT2D eigenvalue weighted by Gasteiger charge is 2.19. The maximum absolute atomic E-state index is 13.4. The van der Waals surface area contributed by atoms with E-state index in [1.807, 2.05) is 0 Å². The zero-order valence-corrected chi connectivity index (χ0v) is 9.88. The molecule has 16 heavy (non-hydrogen) atoms. The van der Waals surface area contributed by atoms with E-state index in [0.717, 1.165) is 6.07 Å². The highest BCUT2D eigenvalue weighted by atomic mass is 32.2. The molecule has 4 nitrogen and oxygen atoms in total. The van der Waals surface area contributed by atoms with Crippen LogP contribution in [0.3, 0.4) is 0 Å². The van der Waals surface area contributed by atoms with E-state index in [9.17, 15) is 12.8 Å². The van der Waals surface area contributed by atoms with Crippen LogP contribution in [0, 0.1) is 5.82 Å². The van der Waals surface area contributed by atoms with Gasteiger partial charge in [0.2, 0.25) is 10.0 Å². The Bertz CT molecular complexity index is 471. The lowest BCUT2D eigenvalue weighted by molar-refractivity contribution is 0.282. The van der Waals surface area contributed by atoms with E-state index >= 15 is 0 Å². The summed E-state index contributed by atoms with van der Waals surface area (Å²) in [7, 11) is -3.61. The molecule has 0 unspecified atom stereocenters. The quantitative estimate of drug-likeness (QED) is 0.846. The minimum Gasteiger partial charge on any atom is -0.392 e. The molecule has 90 valence electrons. The van der Waals surface area contributed by atoms with Crippen molar-refractivity contribution >= 4 is 15.7 Å². The van der Waals surface area contributed by atoms with Gasteiger partial charge in [-0.15, -0.1) is 0 Å². The number of anilines is 1. The molecule has 1 aromatic rings. The first-order chi connectivity index (χ1) is 7.38. The maximum atomic E-state index is 13.4. The second-order valence-electron chi connectivity index (χ2n) is 3.63. The average molecular weight is 247 g/mol. The summed E-state index contributed by atoms with van der Waals surface area (Å²) in [6, 6.07) is 4.01. The van der Waals surface area contributed by atoms with Crippen molar-refractivity contribution in [2.24, 2.45) is 0 Å². The third-order valence-electron chi connectivity index (χ3n) is 2.14. The van der Waals surface area contributed by atoms with Gasteiger partial charge in [-0.25, -0.2) is 12.8 Å². The molecule has 0 aliphatic heterocycles. The number of halogens is 1. The molecule has 0 saturated heterocycles. The van der Waals surface area contributed by atoms with Crippen molar-refractivity contribution in [3.63, 3.8) is 0 Å². The number of para-hydroxylation sites is 1. The van der Waals surface area contributed by atoms with Gasteiger partial charge in [-0.1, -0.05) is 12.1 Å². The smallest absolute Gasteiger partial charge is 0.235 e. The molecule has 0 fully saturated rings. The number of sulfonamides is 1. The monoisotopic (exact) mass is 247 g/mol. The van der Waals surface area contributed by atoms with Crippen LogP contribution in [0.2, 0.25) is 0 Å². The molecule has 0 saturated carbocycles. The van der Waals surface area contributed by atoms with E-state index in [1.54, 1.807) is 0 Å². The van der Waals surface area contributed by atoms with Crippen LogP contribution in [-0.2, 0) is 16.6 Å². The van der Waals surface area contributed by atoms with Gasteiger partial charge in [-0.3, -0.25) is 4.72 Å². The van der Waals surface area contributed by atoms with E-state index in [1.165, 1.54) is 26.0 Å². The Morgan fingerprint density at radius 3 is 2.56 bits per heavy atom. The van der Waals surface area contributed by atoms with Crippen molar-refractivity contribution in [3.05, 3.63) is 29.6 Å². The lowest BCUT2D eigenvalue weighted by Crippen LogP contribution is -2.23. The molecule has 0 amide bonds. The molecule has 6 heteroatoms. The molecule has 0 aromatic heterocycles. The highest BCUT2D eigenvalue weighted by molar-refractivity contribution is 7.93. The van der Waals surface area contributed by atoms with Gasteiger partial charge < -0.3 is 5.11 Å². The fraction of sp³-hybridized carbons (Fsp3) is 0.400. The molecule has 1 aromatic carbocycles. The van der Waals surface area contributed by atoms with Gasteiger partial charge in [0.1, 0.15) is 5.82 Å². The molecule has 1 rings (SSSR count). The number of hydrogen-bond donors (Lipinski definition) is 2. The largest absolute Gasteiger partial charge is 0.392 e. The van der Waals surface area contributed by atoms with Crippen LogP contribution < -0.4 is 4.72 Å². The van der Waals surface area contributed by atoms with Crippen molar-refractivity contribution in [2.75, 3.05) is 4.72 Å². The number of aliphatic hydroxyl groups excluding tert-OH is 1. The van der Waals surface area contributed by atoms with Crippen molar-refractivity contribution in [1.29, 1.82) is 0 Å². The first-order valence-corrected chi connectivity index (χ1v) is 6.33. The van der Waals surface area contributed by atoms with Crippen molar-refractivity contribution in [3.8, 4) is 0 Å². The zero-order chi connectivity index (χ0) is 12.3. The third kappa shape index (κ3) is 2.70. The Morgan fingerprint density at radius 1 is 1.44 bits per heavy atom. The van der Waals surface area contributed by atoms with E-state index in [4.69, 9.17) is 5.11 Å². The van der Waals surface area contributed by atoms with Crippen LogP contribution in [-0.4, -0.2) is 18.8 Å².